The van der Waals surface area contributed by atoms with Crippen molar-refractivity contribution in [1.82, 2.24) is 0 Å². The minimum absolute atomic E-state index is 0.115. The molecular formula is C62H51NSi. The van der Waals surface area contributed by atoms with Gasteiger partial charge in [-0.05, 0) is 138 Å². The lowest BCUT2D eigenvalue weighted by Crippen LogP contribution is -2.73. The van der Waals surface area contributed by atoms with Crippen molar-refractivity contribution in [3.63, 3.8) is 0 Å². The van der Waals surface area contributed by atoms with Gasteiger partial charge < -0.3 is 4.90 Å². The third-order valence-electron chi connectivity index (χ3n) is 15.1. The summed E-state index contributed by atoms with van der Waals surface area (Å²) >= 11 is 0. The van der Waals surface area contributed by atoms with Gasteiger partial charge in [-0.3, -0.25) is 0 Å². The maximum Gasteiger partial charge on any atom is 0.181 e. The van der Waals surface area contributed by atoms with Gasteiger partial charge in [0.2, 0.25) is 0 Å². The average molecular weight is 838 g/mol. The minimum Gasteiger partial charge on any atom is -0.310 e. The molecule has 1 heterocycles. The van der Waals surface area contributed by atoms with Gasteiger partial charge in [0, 0.05) is 27.9 Å². The second-order valence-electron chi connectivity index (χ2n) is 19.4. The Bertz CT molecular complexity index is 3180. The molecule has 0 spiro atoms. The smallest absolute Gasteiger partial charge is 0.181 e. The van der Waals surface area contributed by atoms with Crippen molar-refractivity contribution < 1.29 is 0 Å². The Balaban J connectivity index is 1.04. The molecule has 0 unspecified atom stereocenters. The molecule has 0 fully saturated rings. The fourth-order valence-corrected chi connectivity index (χ4v) is 17.2. The number of nitrogens with zero attached hydrogens (tertiary/aromatic N) is 1. The number of benzene rings is 9. The Morgan fingerprint density at radius 3 is 1.30 bits per heavy atom. The lowest BCUT2D eigenvalue weighted by Gasteiger charge is -2.33. The molecule has 3 aliphatic rings. The predicted octanol–water partition coefficient (Wildman–Crippen LogP) is 13.4. The number of aryl methyl sites for hydroxylation is 2. The van der Waals surface area contributed by atoms with Gasteiger partial charge in [0.25, 0.3) is 0 Å². The van der Waals surface area contributed by atoms with Gasteiger partial charge in [-0.25, -0.2) is 0 Å². The molecular weight excluding hydrogens is 787 g/mol. The first kappa shape index (κ1) is 38.7. The molecule has 0 amide bonds. The van der Waals surface area contributed by atoms with E-state index in [1.165, 1.54) is 110 Å². The van der Waals surface area contributed by atoms with Gasteiger partial charge in [0.15, 0.2) is 8.07 Å². The van der Waals surface area contributed by atoms with Crippen LogP contribution in [0.3, 0.4) is 0 Å². The van der Waals surface area contributed by atoms with Crippen LogP contribution in [-0.2, 0) is 10.8 Å². The zero-order valence-corrected chi connectivity index (χ0v) is 38.5. The monoisotopic (exact) mass is 837 g/mol. The number of fused-ring (bicyclic) bond motifs is 9. The fourth-order valence-electron chi connectivity index (χ4n) is 11.9. The van der Waals surface area contributed by atoms with Crippen LogP contribution in [0.25, 0.3) is 44.5 Å². The second kappa shape index (κ2) is 14.0. The van der Waals surface area contributed by atoms with Gasteiger partial charge in [0.05, 0.1) is 0 Å². The Morgan fingerprint density at radius 2 is 0.766 bits per heavy atom. The summed E-state index contributed by atoms with van der Waals surface area (Å²) in [5.41, 5.74) is 22.0. The van der Waals surface area contributed by atoms with Gasteiger partial charge in [0.1, 0.15) is 0 Å². The summed E-state index contributed by atoms with van der Waals surface area (Å²) in [6.45, 7) is 13.9. The molecule has 0 atom stereocenters. The highest BCUT2D eigenvalue weighted by atomic mass is 28.3. The van der Waals surface area contributed by atoms with Gasteiger partial charge in [-0.2, -0.15) is 0 Å². The highest BCUT2D eigenvalue weighted by molar-refractivity contribution is 7.22. The highest BCUT2D eigenvalue weighted by Gasteiger charge is 2.50. The molecule has 0 bridgehead atoms. The summed E-state index contributed by atoms with van der Waals surface area (Å²) in [5.74, 6) is 0. The lowest BCUT2D eigenvalue weighted by molar-refractivity contribution is 0.660. The molecule has 9 aromatic carbocycles. The molecule has 308 valence electrons. The normalized spacial score (nSPS) is 15.1. The van der Waals surface area contributed by atoms with Crippen molar-refractivity contribution in [3.05, 3.63) is 234 Å². The maximum absolute atomic E-state index is 2.75. The van der Waals surface area contributed by atoms with Crippen molar-refractivity contribution in [2.45, 2.75) is 52.4 Å². The van der Waals surface area contributed by atoms with Crippen molar-refractivity contribution >= 4 is 45.9 Å². The molecule has 64 heavy (non-hydrogen) atoms. The Kier molecular flexibility index (Phi) is 8.45. The van der Waals surface area contributed by atoms with E-state index < -0.39 is 8.07 Å². The molecule has 0 saturated heterocycles. The van der Waals surface area contributed by atoms with Crippen LogP contribution >= 0.6 is 0 Å². The molecule has 2 aliphatic carbocycles. The van der Waals surface area contributed by atoms with Crippen LogP contribution in [0.15, 0.2) is 200 Å². The van der Waals surface area contributed by atoms with E-state index >= 15 is 0 Å². The summed E-state index contributed by atoms with van der Waals surface area (Å²) in [4.78, 5) is 2.49. The molecule has 0 radical (unpaired) electrons. The minimum atomic E-state index is -2.75. The van der Waals surface area contributed by atoms with E-state index in [2.05, 4.69) is 247 Å². The first-order valence-corrected chi connectivity index (χ1v) is 24.8. The van der Waals surface area contributed by atoms with Crippen molar-refractivity contribution in [2.75, 3.05) is 4.90 Å². The molecule has 0 N–H and O–H groups in total. The Morgan fingerprint density at radius 1 is 0.344 bits per heavy atom. The molecule has 2 heteroatoms. The van der Waals surface area contributed by atoms with Gasteiger partial charge >= 0.3 is 0 Å². The molecule has 1 aliphatic heterocycles. The molecule has 1 nitrogen and oxygen atoms in total. The van der Waals surface area contributed by atoms with Crippen LogP contribution in [-0.4, -0.2) is 8.07 Å². The Labute approximate surface area is 379 Å². The maximum atomic E-state index is 2.49. The summed E-state index contributed by atoms with van der Waals surface area (Å²) in [6.07, 6.45) is 0. The molecule has 0 saturated carbocycles. The van der Waals surface area contributed by atoms with Crippen LogP contribution in [0.5, 0.6) is 0 Å². The summed E-state index contributed by atoms with van der Waals surface area (Å²) in [6, 6.07) is 76.8. The predicted molar refractivity (Wildman–Crippen MR) is 274 cm³/mol. The van der Waals surface area contributed by atoms with Crippen molar-refractivity contribution in [1.29, 1.82) is 0 Å². The average Bonchev–Trinajstić information content (AvgIpc) is 3.85. The van der Waals surface area contributed by atoms with E-state index in [0.717, 1.165) is 5.69 Å². The topological polar surface area (TPSA) is 3.24 Å². The van der Waals surface area contributed by atoms with E-state index in [0.29, 0.717) is 0 Å². The van der Waals surface area contributed by atoms with Crippen molar-refractivity contribution in [3.8, 4) is 44.5 Å². The number of hydrogen-bond donors (Lipinski definition) is 0. The largest absolute Gasteiger partial charge is 0.310 e. The summed E-state index contributed by atoms with van der Waals surface area (Å²) in [5, 5.41) is 5.80. The number of hydrogen-bond acceptors (Lipinski definition) is 1. The van der Waals surface area contributed by atoms with E-state index in [-0.39, 0.29) is 10.8 Å². The molecule has 9 aromatic rings. The SMILES string of the molecule is Cc1ccc([Si]2(c3ccc(C)cc3)c3ccccc3-c3cccc(-c4ccc(N(c5ccc6c(c5)C(C)(C)c5ccccc5-6)c5ccc6c(c5)C(C)(C)c5ccccc5-6)cc4)c32)cc1. The standard InChI is InChI=1S/C62H51NSi/c1-40-22-32-46(33-23-40)64(47-34-24-41(2)25-35-47)59-21-12-9-16-53(59)54-18-13-17-48(60(54)64)42-26-28-43(29-27-42)63(44-30-36-51-49-14-7-10-19-55(49)61(3,4)57(51)38-44)45-31-37-52-50-15-8-11-20-56(50)62(5,6)58(52)39-45/h7-39H,1-6H3. The van der Waals surface area contributed by atoms with Crippen LogP contribution in [0.2, 0.25) is 0 Å². The van der Waals surface area contributed by atoms with Gasteiger partial charge in [-0.15, -0.1) is 0 Å². The zero-order valence-electron chi connectivity index (χ0n) is 37.5. The third-order valence-corrected chi connectivity index (χ3v) is 20.0. The van der Waals surface area contributed by atoms with Crippen LogP contribution < -0.4 is 25.6 Å². The quantitative estimate of drug-likeness (QED) is 0.151. The zero-order chi connectivity index (χ0) is 43.5. The van der Waals surface area contributed by atoms with E-state index in [1.54, 1.807) is 0 Å². The van der Waals surface area contributed by atoms with Crippen molar-refractivity contribution in [2.24, 2.45) is 0 Å². The Hall–Kier alpha value is -7.00. The number of anilines is 3. The summed E-state index contributed by atoms with van der Waals surface area (Å²) in [7, 11) is -2.75. The van der Waals surface area contributed by atoms with Crippen LogP contribution in [0, 0.1) is 13.8 Å². The van der Waals surface area contributed by atoms with E-state index in [1.807, 2.05) is 0 Å². The van der Waals surface area contributed by atoms with Crippen LogP contribution in [0.4, 0.5) is 17.1 Å². The number of rotatable bonds is 6. The fraction of sp³-hybridized carbons (Fsp3) is 0.129. The van der Waals surface area contributed by atoms with E-state index in [4.69, 9.17) is 0 Å². The van der Waals surface area contributed by atoms with E-state index in [9.17, 15) is 0 Å². The molecule has 12 rings (SSSR count). The molecule has 0 aromatic heterocycles. The van der Waals surface area contributed by atoms with Crippen LogP contribution in [0.1, 0.15) is 61.1 Å². The first-order valence-electron chi connectivity index (χ1n) is 22.8. The van der Waals surface area contributed by atoms with Gasteiger partial charge in [-0.1, -0.05) is 203 Å². The lowest BCUT2D eigenvalue weighted by atomic mass is 9.82. The summed E-state index contributed by atoms with van der Waals surface area (Å²) < 4.78 is 0. The third kappa shape index (κ3) is 5.42. The second-order valence-corrected chi connectivity index (χ2v) is 23.1. The first-order chi connectivity index (χ1) is 31.1. The highest BCUT2D eigenvalue weighted by Crippen LogP contribution is 2.53.